The lowest BCUT2D eigenvalue weighted by Gasteiger charge is -1.92. The zero-order valence-corrected chi connectivity index (χ0v) is 5.54. The maximum absolute atomic E-state index is 5.72. The van der Waals surface area contributed by atoms with E-state index >= 15 is 0 Å². The van der Waals surface area contributed by atoms with E-state index in [1.54, 1.807) is 0 Å². The van der Waals surface area contributed by atoms with Crippen LogP contribution in [-0.2, 0) is 0 Å². The van der Waals surface area contributed by atoms with Gasteiger partial charge in [0.1, 0.15) is 0 Å². The molecule has 1 saturated carbocycles. The van der Waals surface area contributed by atoms with Gasteiger partial charge in [-0.1, -0.05) is 0 Å². The molecule has 0 unspecified atom stereocenters. The Kier molecular flexibility index (Phi) is 1.82. The molecule has 1 rings (SSSR count). The molecule has 42 valence electrons. The molecule has 0 aromatic rings. The van der Waals surface area contributed by atoms with E-state index in [9.17, 15) is 0 Å². The van der Waals surface area contributed by atoms with Crippen molar-refractivity contribution in [3.05, 3.63) is 0 Å². The SMILES string of the molecule is Cl[C@@H]1CC[C@H](Cl)C1. The normalized spacial score (nSPS) is 42.0. The minimum absolute atomic E-state index is 0.363. The molecule has 7 heavy (non-hydrogen) atoms. The fourth-order valence-electron chi connectivity index (χ4n) is 0.875. The van der Waals surface area contributed by atoms with Gasteiger partial charge < -0.3 is 0 Å². The van der Waals surface area contributed by atoms with Gasteiger partial charge in [0.2, 0.25) is 0 Å². The van der Waals surface area contributed by atoms with Crippen LogP contribution >= 0.6 is 23.2 Å². The van der Waals surface area contributed by atoms with Crippen LogP contribution in [-0.4, -0.2) is 10.8 Å². The van der Waals surface area contributed by atoms with Crippen molar-refractivity contribution in [2.75, 3.05) is 0 Å². The molecule has 2 heteroatoms. The molecule has 0 amide bonds. The van der Waals surface area contributed by atoms with Crippen LogP contribution in [0.25, 0.3) is 0 Å². The first-order chi connectivity index (χ1) is 3.29. The van der Waals surface area contributed by atoms with Crippen molar-refractivity contribution in [1.82, 2.24) is 0 Å². The molecule has 0 radical (unpaired) electrons. The molecule has 0 N–H and O–H groups in total. The average molecular weight is 139 g/mol. The van der Waals surface area contributed by atoms with Crippen LogP contribution in [0.4, 0.5) is 0 Å². The lowest BCUT2D eigenvalue weighted by molar-refractivity contribution is 0.893. The first kappa shape index (κ1) is 5.71. The quantitative estimate of drug-likeness (QED) is 0.452. The van der Waals surface area contributed by atoms with E-state index in [0.717, 1.165) is 19.3 Å². The molecular weight excluding hydrogens is 131 g/mol. The van der Waals surface area contributed by atoms with Crippen LogP contribution in [0.3, 0.4) is 0 Å². The molecule has 0 aromatic carbocycles. The van der Waals surface area contributed by atoms with Gasteiger partial charge in [0.05, 0.1) is 0 Å². The van der Waals surface area contributed by atoms with Crippen LogP contribution in [0.1, 0.15) is 19.3 Å². The Morgan fingerprint density at radius 1 is 1.00 bits per heavy atom. The van der Waals surface area contributed by atoms with Gasteiger partial charge in [0, 0.05) is 10.8 Å². The average Bonchev–Trinajstić information content (AvgIpc) is 1.87. The van der Waals surface area contributed by atoms with Crippen LogP contribution in [0.2, 0.25) is 0 Å². The molecule has 1 aliphatic rings. The second-order valence-corrected chi connectivity index (χ2v) is 3.24. The van der Waals surface area contributed by atoms with Gasteiger partial charge in [-0.05, 0) is 19.3 Å². The highest BCUT2D eigenvalue weighted by atomic mass is 35.5. The summed E-state index contributed by atoms with van der Waals surface area (Å²) in [6, 6.07) is 0. The Labute approximate surface area is 53.8 Å². The van der Waals surface area contributed by atoms with Gasteiger partial charge in [0.25, 0.3) is 0 Å². The topological polar surface area (TPSA) is 0 Å². The van der Waals surface area contributed by atoms with Crippen LogP contribution in [0, 0.1) is 0 Å². The maximum atomic E-state index is 5.72. The summed E-state index contributed by atoms with van der Waals surface area (Å²) in [6.45, 7) is 0. The predicted octanol–water partition coefficient (Wildman–Crippen LogP) is 2.39. The second-order valence-electron chi connectivity index (χ2n) is 2.01. The minimum atomic E-state index is 0.363. The number of hydrogen-bond donors (Lipinski definition) is 0. The number of alkyl halides is 2. The van der Waals surface area contributed by atoms with Crippen molar-refractivity contribution >= 4 is 23.2 Å². The predicted molar refractivity (Wildman–Crippen MR) is 33.1 cm³/mol. The van der Waals surface area contributed by atoms with Crippen molar-refractivity contribution < 1.29 is 0 Å². The molecule has 0 nitrogen and oxygen atoms in total. The molecule has 0 heterocycles. The van der Waals surface area contributed by atoms with E-state index in [0.29, 0.717) is 10.8 Å². The van der Waals surface area contributed by atoms with Crippen molar-refractivity contribution in [3.8, 4) is 0 Å². The first-order valence-corrected chi connectivity index (χ1v) is 3.44. The molecule has 1 fully saturated rings. The Morgan fingerprint density at radius 2 is 1.43 bits per heavy atom. The highest BCUT2D eigenvalue weighted by molar-refractivity contribution is 6.24. The number of rotatable bonds is 0. The van der Waals surface area contributed by atoms with Gasteiger partial charge >= 0.3 is 0 Å². The zero-order valence-electron chi connectivity index (χ0n) is 4.03. The van der Waals surface area contributed by atoms with Crippen molar-refractivity contribution in [2.45, 2.75) is 30.0 Å². The zero-order chi connectivity index (χ0) is 5.28. The van der Waals surface area contributed by atoms with E-state index in [1.807, 2.05) is 0 Å². The molecular formula is C5H8Cl2. The number of hydrogen-bond acceptors (Lipinski definition) is 0. The van der Waals surface area contributed by atoms with Crippen molar-refractivity contribution in [3.63, 3.8) is 0 Å². The van der Waals surface area contributed by atoms with Gasteiger partial charge in [-0.25, -0.2) is 0 Å². The summed E-state index contributed by atoms with van der Waals surface area (Å²) < 4.78 is 0. The van der Waals surface area contributed by atoms with Crippen LogP contribution in [0.15, 0.2) is 0 Å². The molecule has 0 spiro atoms. The Balaban J connectivity index is 2.26. The minimum Gasteiger partial charge on any atom is -0.123 e. The number of halogens is 2. The third kappa shape index (κ3) is 1.50. The van der Waals surface area contributed by atoms with E-state index in [2.05, 4.69) is 0 Å². The molecule has 0 bridgehead atoms. The molecule has 0 aromatic heterocycles. The second kappa shape index (κ2) is 2.23. The lowest BCUT2D eigenvalue weighted by Crippen LogP contribution is -1.90. The summed E-state index contributed by atoms with van der Waals surface area (Å²) in [5, 5.41) is 0.727. The summed E-state index contributed by atoms with van der Waals surface area (Å²) in [5.41, 5.74) is 0. The van der Waals surface area contributed by atoms with E-state index in [4.69, 9.17) is 23.2 Å². The Morgan fingerprint density at radius 3 is 1.57 bits per heavy atom. The highest BCUT2D eigenvalue weighted by Crippen LogP contribution is 2.27. The van der Waals surface area contributed by atoms with Gasteiger partial charge in [-0.15, -0.1) is 23.2 Å². The third-order valence-electron chi connectivity index (χ3n) is 1.30. The van der Waals surface area contributed by atoms with Crippen LogP contribution in [0.5, 0.6) is 0 Å². The standard InChI is InChI=1S/C5H8Cl2/c6-4-1-2-5(7)3-4/h4-5H,1-3H2/t4-,5+. The first-order valence-electron chi connectivity index (χ1n) is 2.57. The maximum Gasteiger partial charge on any atom is 0.0350 e. The lowest BCUT2D eigenvalue weighted by atomic mass is 10.4. The van der Waals surface area contributed by atoms with Crippen molar-refractivity contribution in [2.24, 2.45) is 0 Å². The molecule has 0 saturated heterocycles. The third-order valence-corrected chi connectivity index (χ3v) is 2.10. The summed E-state index contributed by atoms with van der Waals surface area (Å²) in [4.78, 5) is 0. The fraction of sp³-hybridized carbons (Fsp3) is 1.00. The summed E-state index contributed by atoms with van der Waals surface area (Å²) in [6.07, 6.45) is 3.22. The monoisotopic (exact) mass is 138 g/mol. The molecule has 2 atom stereocenters. The molecule has 0 aliphatic heterocycles. The Bertz CT molecular complexity index is 55.1. The fourth-order valence-corrected chi connectivity index (χ4v) is 1.65. The van der Waals surface area contributed by atoms with Crippen LogP contribution < -0.4 is 0 Å². The summed E-state index contributed by atoms with van der Waals surface area (Å²) >= 11 is 11.4. The van der Waals surface area contributed by atoms with Gasteiger partial charge in [0.15, 0.2) is 0 Å². The van der Waals surface area contributed by atoms with Crippen molar-refractivity contribution in [1.29, 1.82) is 0 Å². The summed E-state index contributed by atoms with van der Waals surface area (Å²) in [7, 11) is 0. The van der Waals surface area contributed by atoms with Gasteiger partial charge in [-0.2, -0.15) is 0 Å². The van der Waals surface area contributed by atoms with Gasteiger partial charge in [-0.3, -0.25) is 0 Å². The smallest absolute Gasteiger partial charge is 0.0350 e. The van der Waals surface area contributed by atoms with E-state index < -0.39 is 0 Å². The summed E-state index contributed by atoms with van der Waals surface area (Å²) in [5.74, 6) is 0. The largest absolute Gasteiger partial charge is 0.123 e. The highest BCUT2D eigenvalue weighted by Gasteiger charge is 2.19. The van der Waals surface area contributed by atoms with E-state index in [-0.39, 0.29) is 0 Å². The molecule has 1 aliphatic carbocycles. The Hall–Kier alpha value is 0.580. The van der Waals surface area contributed by atoms with E-state index in [1.165, 1.54) is 0 Å².